The van der Waals surface area contributed by atoms with Crippen molar-refractivity contribution in [1.29, 1.82) is 0 Å². The smallest absolute Gasteiger partial charge is 0.244 e. The van der Waals surface area contributed by atoms with E-state index in [0.717, 1.165) is 29.0 Å². The van der Waals surface area contributed by atoms with Gasteiger partial charge in [0, 0.05) is 19.7 Å². The summed E-state index contributed by atoms with van der Waals surface area (Å²) in [6.45, 7) is 3.22. The Balaban J connectivity index is 1.90. The molecule has 1 amide bonds. The Morgan fingerprint density at radius 1 is 1.04 bits per heavy atom. The molecule has 0 fully saturated rings. The Labute approximate surface area is 162 Å². The lowest BCUT2D eigenvalue weighted by atomic mass is 9.99. The number of carbonyl (C=O) groups is 1. The van der Waals surface area contributed by atoms with E-state index in [1.165, 1.54) is 0 Å². The predicted molar refractivity (Wildman–Crippen MR) is 108 cm³/mol. The van der Waals surface area contributed by atoms with Gasteiger partial charge in [0.2, 0.25) is 5.91 Å². The molecule has 0 aliphatic heterocycles. The van der Waals surface area contributed by atoms with Crippen molar-refractivity contribution in [2.45, 2.75) is 19.4 Å². The van der Waals surface area contributed by atoms with E-state index < -0.39 is 0 Å². The summed E-state index contributed by atoms with van der Waals surface area (Å²) in [6, 6.07) is 15.3. The lowest BCUT2D eigenvalue weighted by molar-refractivity contribution is -0.135. The molecule has 2 aromatic rings. The molecule has 5 heteroatoms. The number of likely N-dealkylation sites (N-methyl/N-ethyl adjacent to an activating group) is 2. The number of hydrogen-bond donors (Lipinski definition) is 0. The molecule has 1 atom stereocenters. The maximum Gasteiger partial charge on any atom is 0.244 e. The van der Waals surface area contributed by atoms with Gasteiger partial charge < -0.3 is 14.4 Å². The van der Waals surface area contributed by atoms with Crippen molar-refractivity contribution in [3.8, 4) is 11.5 Å². The van der Waals surface area contributed by atoms with Crippen LogP contribution in [0.1, 0.15) is 23.6 Å². The largest absolute Gasteiger partial charge is 0.497 e. The highest BCUT2D eigenvalue weighted by Gasteiger charge is 2.26. The van der Waals surface area contributed by atoms with Crippen molar-refractivity contribution in [2.75, 3.05) is 41.4 Å². The molecule has 5 nitrogen and oxygen atoms in total. The molecule has 0 saturated carbocycles. The van der Waals surface area contributed by atoms with Gasteiger partial charge >= 0.3 is 0 Å². The van der Waals surface area contributed by atoms with Crippen molar-refractivity contribution in [1.82, 2.24) is 9.80 Å². The Morgan fingerprint density at radius 2 is 1.74 bits per heavy atom. The summed E-state index contributed by atoms with van der Waals surface area (Å²) in [6.07, 6.45) is 0.757. The number of rotatable bonds is 9. The van der Waals surface area contributed by atoms with Gasteiger partial charge in [0.25, 0.3) is 0 Å². The maximum atomic E-state index is 13.0. The van der Waals surface area contributed by atoms with Crippen LogP contribution in [0.2, 0.25) is 0 Å². The van der Waals surface area contributed by atoms with E-state index >= 15 is 0 Å². The quantitative estimate of drug-likeness (QED) is 0.633. The van der Waals surface area contributed by atoms with Gasteiger partial charge in [-0.05, 0) is 50.7 Å². The molecule has 0 heterocycles. The molecule has 146 valence electrons. The fourth-order valence-electron chi connectivity index (χ4n) is 3.03. The van der Waals surface area contributed by atoms with Crippen LogP contribution in [0.3, 0.4) is 0 Å². The maximum absolute atomic E-state index is 13.0. The first-order valence-corrected chi connectivity index (χ1v) is 9.18. The number of ether oxygens (including phenoxy) is 2. The lowest BCUT2D eigenvalue weighted by Crippen LogP contribution is -2.39. The molecule has 2 rings (SSSR count). The predicted octanol–water partition coefficient (Wildman–Crippen LogP) is 3.53. The summed E-state index contributed by atoms with van der Waals surface area (Å²) in [5.41, 5.74) is 2.17. The highest BCUT2D eigenvalue weighted by molar-refractivity contribution is 5.83. The van der Waals surface area contributed by atoms with Crippen LogP contribution in [0.5, 0.6) is 11.5 Å². The first-order valence-electron chi connectivity index (χ1n) is 9.18. The van der Waals surface area contributed by atoms with Gasteiger partial charge in [0.05, 0.1) is 13.7 Å². The summed E-state index contributed by atoms with van der Waals surface area (Å²) in [7, 11) is 7.36. The number of benzene rings is 2. The number of aryl methyl sites for hydroxylation is 1. The minimum atomic E-state index is -0.282. The van der Waals surface area contributed by atoms with E-state index in [9.17, 15) is 4.79 Å². The van der Waals surface area contributed by atoms with Crippen LogP contribution < -0.4 is 9.47 Å². The van der Waals surface area contributed by atoms with Crippen molar-refractivity contribution in [3.05, 3.63) is 59.7 Å². The average Bonchev–Trinajstić information content (AvgIpc) is 2.66. The Kier molecular flexibility index (Phi) is 7.67. The van der Waals surface area contributed by atoms with E-state index in [-0.39, 0.29) is 11.9 Å². The van der Waals surface area contributed by atoms with Gasteiger partial charge in [-0.15, -0.1) is 0 Å². The second kappa shape index (κ2) is 9.97. The molecule has 27 heavy (non-hydrogen) atoms. The normalized spacial score (nSPS) is 11.9. The molecular formula is C22H30N2O3. The number of hydrogen-bond acceptors (Lipinski definition) is 4. The third-order valence-corrected chi connectivity index (χ3v) is 4.56. The second-order valence-corrected chi connectivity index (χ2v) is 6.86. The molecule has 2 aromatic carbocycles. The van der Waals surface area contributed by atoms with E-state index in [2.05, 4.69) is 0 Å². The van der Waals surface area contributed by atoms with Crippen molar-refractivity contribution in [2.24, 2.45) is 0 Å². The van der Waals surface area contributed by atoms with Gasteiger partial charge in [-0.3, -0.25) is 9.69 Å². The van der Waals surface area contributed by atoms with Crippen LogP contribution in [0, 0.1) is 6.92 Å². The van der Waals surface area contributed by atoms with Crippen LogP contribution in [0.4, 0.5) is 0 Å². The standard InChI is InChI=1S/C22H30N2O3/c1-17-10-6-7-13-20(17)21(23(2)3)22(25)24(4)14-9-15-27-19-12-8-11-18(16-19)26-5/h6-8,10-13,16,21H,9,14-15H2,1-5H3. The molecule has 1 unspecified atom stereocenters. The molecule has 0 saturated heterocycles. The van der Waals surface area contributed by atoms with Crippen molar-refractivity contribution < 1.29 is 14.3 Å². The minimum absolute atomic E-state index is 0.0932. The number of amides is 1. The first kappa shape index (κ1) is 20.8. The fourth-order valence-corrected chi connectivity index (χ4v) is 3.03. The number of methoxy groups -OCH3 is 1. The van der Waals surface area contributed by atoms with Crippen LogP contribution in [0.15, 0.2) is 48.5 Å². The van der Waals surface area contributed by atoms with Crippen LogP contribution in [0.25, 0.3) is 0 Å². The summed E-state index contributed by atoms with van der Waals surface area (Å²) in [5, 5.41) is 0. The molecule has 0 aliphatic rings. The van der Waals surface area contributed by atoms with Crippen molar-refractivity contribution >= 4 is 5.91 Å². The Morgan fingerprint density at radius 3 is 2.41 bits per heavy atom. The van der Waals surface area contributed by atoms with Gasteiger partial charge in [0.1, 0.15) is 17.5 Å². The molecule has 0 spiro atoms. The average molecular weight is 370 g/mol. The van der Waals surface area contributed by atoms with Crippen LogP contribution in [-0.2, 0) is 4.79 Å². The van der Waals surface area contributed by atoms with E-state index in [1.54, 1.807) is 12.0 Å². The molecule has 0 N–H and O–H groups in total. The van der Waals surface area contributed by atoms with Crippen molar-refractivity contribution in [3.63, 3.8) is 0 Å². The summed E-state index contributed by atoms with van der Waals surface area (Å²) in [5.74, 6) is 1.64. The summed E-state index contributed by atoms with van der Waals surface area (Å²) in [4.78, 5) is 16.8. The SMILES string of the molecule is COc1cccc(OCCCN(C)C(=O)C(c2ccccc2C)N(C)C)c1. The molecule has 0 aliphatic carbocycles. The zero-order valence-corrected chi connectivity index (χ0v) is 16.9. The van der Waals surface area contributed by atoms with Crippen LogP contribution >= 0.6 is 0 Å². The van der Waals surface area contributed by atoms with Crippen LogP contribution in [-0.4, -0.2) is 57.1 Å². The van der Waals surface area contributed by atoms with Gasteiger partial charge in [0.15, 0.2) is 0 Å². The summed E-state index contributed by atoms with van der Waals surface area (Å²) >= 11 is 0. The van der Waals surface area contributed by atoms with E-state index in [4.69, 9.17) is 9.47 Å². The zero-order valence-electron chi connectivity index (χ0n) is 16.9. The Bertz CT molecular complexity index is 746. The van der Waals surface area contributed by atoms with E-state index in [1.807, 2.05) is 81.5 Å². The molecular weight excluding hydrogens is 340 g/mol. The minimum Gasteiger partial charge on any atom is -0.497 e. The molecule has 0 aromatic heterocycles. The topological polar surface area (TPSA) is 42.0 Å². The highest BCUT2D eigenvalue weighted by atomic mass is 16.5. The second-order valence-electron chi connectivity index (χ2n) is 6.86. The number of carbonyl (C=O) groups excluding carboxylic acids is 1. The number of nitrogens with zero attached hydrogens (tertiary/aromatic N) is 2. The monoisotopic (exact) mass is 370 g/mol. The third kappa shape index (κ3) is 5.73. The Hall–Kier alpha value is -2.53. The van der Waals surface area contributed by atoms with Gasteiger partial charge in [-0.25, -0.2) is 0 Å². The van der Waals surface area contributed by atoms with E-state index in [0.29, 0.717) is 13.2 Å². The van der Waals surface area contributed by atoms with Gasteiger partial charge in [-0.1, -0.05) is 30.3 Å². The molecule has 0 bridgehead atoms. The molecule has 0 radical (unpaired) electrons. The third-order valence-electron chi connectivity index (χ3n) is 4.56. The zero-order chi connectivity index (χ0) is 19.8. The van der Waals surface area contributed by atoms with Gasteiger partial charge in [-0.2, -0.15) is 0 Å². The fraction of sp³-hybridized carbons (Fsp3) is 0.409. The lowest BCUT2D eigenvalue weighted by Gasteiger charge is -2.29. The first-order chi connectivity index (χ1) is 12.9. The summed E-state index contributed by atoms with van der Waals surface area (Å²) < 4.78 is 11.0. The highest BCUT2D eigenvalue weighted by Crippen LogP contribution is 2.24.